The van der Waals surface area contributed by atoms with Gasteiger partial charge in [0.25, 0.3) is 0 Å². The Morgan fingerprint density at radius 2 is 2.00 bits per heavy atom. The number of carbonyl (C=O) groups excluding carboxylic acids is 1. The van der Waals surface area contributed by atoms with Gasteiger partial charge in [0.2, 0.25) is 5.89 Å². The lowest BCUT2D eigenvalue weighted by Gasteiger charge is -2.32. The Kier molecular flexibility index (Phi) is 5.61. The Labute approximate surface area is 150 Å². The van der Waals surface area contributed by atoms with Crippen LogP contribution in [0.4, 0.5) is 4.79 Å². The van der Waals surface area contributed by atoms with E-state index in [0.29, 0.717) is 37.0 Å². The van der Waals surface area contributed by atoms with Gasteiger partial charge in [0, 0.05) is 50.1 Å². The molecule has 2 bridgehead atoms. The van der Waals surface area contributed by atoms with E-state index in [1.54, 1.807) is 0 Å². The fourth-order valence-corrected chi connectivity index (χ4v) is 4.13. The highest BCUT2D eigenvalue weighted by molar-refractivity contribution is 5.74. The molecule has 1 aromatic rings. The lowest BCUT2D eigenvalue weighted by molar-refractivity contribution is 0.147. The molecule has 1 N–H and O–H groups in total. The fraction of sp³-hybridized carbons (Fsp3) is 0.833. The first-order valence-electron chi connectivity index (χ1n) is 9.58. The average molecular weight is 349 g/mol. The second kappa shape index (κ2) is 7.72. The number of nitrogens with zero attached hydrogens (tertiary/aromatic N) is 4. The molecular weight excluding hydrogens is 318 g/mol. The fourth-order valence-electron chi connectivity index (χ4n) is 4.13. The smallest absolute Gasteiger partial charge is 0.317 e. The van der Waals surface area contributed by atoms with Crippen molar-refractivity contribution in [1.29, 1.82) is 0 Å². The number of nitrogens with one attached hydrogen (secondary N) is 1. The van der Waals surface area contributed by atoms with Gasteiger partial charge in [0.15, 0.2) is 5.82 Å². The summed E-state index contributed by atoms with van der Waals surface area (Å²) in [7, 11) is 0. The van der Waals surface area contributed by atoms with E-state index < -0.39 is 0 Å². The summed E-state index contributed by atoms with van der Waals surface area (Å²) in [5.74, 6) is 1.56. The Morgan fingerprint density at radius 3 is 2.68 bits per heavy atom. The van der Waals surface area contributed by atoms with Crippen LogP contribution in [-0.2, 0) is 6.42 Å². The molecule has 0 unspecified atom stereocenters. The molecule has 0 saturated carbocycles. The van der Waals surface area contributed by atoms with Gasteiger partial charge < -0.3 is 14.7 Å². The number of hydrogen-bond donors (Lipinski definition) is 1. The molecule has 2 amide bonds. The molecule has 1 aromatic heterocycles. The Hall–Kier alpha value is -1.63. The molecule has 2 aliphatic heterocycles. The highest BCUT2D eigenvalue weighted by Crippen LogP contribution is 2.31. The van der Waals surface area contributed by atoms with Crippen molar-refractivity contribution in [2.45, 2.75) is 77.4 Å². The minimum Gasteiger partial charge on any atom is -0.339 e. The maximum absolute atomic E-state index is 12.5. The van der Waals surface area contributed by atoms with Crippen LogP contribution in [0.25, 0.3) is 0 Å². The van der Waals surface area contributed by atoms with Crippen LogP contribution in [0.2, 0.25) is 0 Å². The third-order valence-corrected chi connectivity index (χ3v) is 5.34. The van der Waals surface area contributed by atoms with Crippen LogP contribution in [0.15, 0.2) is 4.52 Å². The first-order valence-corrected chi connectivity index (χ1v) is 9.58. The first-order chi connectivity index (χ1) is 12.0. The summed E-state index contributed by atoms with van der Waals surface area (Å²) in [4.78, 5) is 21.5. The quantitative estimate of drug-likeness (QED) is 0.883. The van der Waals surface area contributed by atoms with Crippen molar-refractivity contribution in [2.75, 3.05) is 19.6 Å². The molecule has 0 radical (unpaired) electrons. The van der Waals surface area contributed by atoms with Crippen LogP contribution in [0, 0.1) is 0 Å². The van der Waals surface area contributed by atoms with Gasteiger partial charge in [-0.05, 0) is 33.1 Å². The standard InChI is InChI=1S/C18H31N5O2/c1-12(2)17-20-16(25-21-17)7-9-19-18(24)22-10-8-14-5-6-15(11-22)23(14)13(3)4/h12-15H,5-11H2,1-4H3,(H,19,24)/t14-,15+/m1/s1. The van der Waals surface area contributed by atoms with Crippen LogP contribution in [0.1, 0.15) is 64.6 Å². The number of likely N-dealkylation sites (tertiary alicyclic amines) is 1. The highest BCUT2D eigenvalue weighted by atomic mass is 16.5. The van der Waals surface area contributed by atoms with E-state index in [1.165, 1.54) is 12.8 Å². The maximum atomic E-state index is 12.5. The van der Waals surface area contributed by atoms with Gasteiger partial charge in [0.05, 0.1) is 0 Å². The number of urea groups is 1. The van der Waals surface area contributed by atoms with Crippen LogP contribution in [0.3, 0.4) is 0 Å². The van der Waals surface area contributed by atoms with Crippen molar-refractivity contribution >= 4 is 6.03 Å². The summed E-state index contributed by atoms with van der Waals surface area (Å²) in [6.45, 7) is 10.8. The summed E-state index contributed by atoms with van der Waals surface area (Å²) < 4.78 is 5.22. The molecule has 2 saturated heterocycles. The molecule has 0 aliphatic carbocycles. The molecule has 25 heavy (non-hydrogen) atoms. The summed E-state index contributed by atoms with van der Waals surface area (Å²) >= 11 is 0. The van der Waals surface area contributed by atoms with Crippen LogP contribution < -0.4 is 5.32 Å². The second-order valence-corrected chi connectivity index (χ2v) is 7.84. The van der Waals surface area contributed by atoms with Crippen molar-refractivity contribution in [3.05, 3.63) is 11.7 Å². The number of hydrogen-bond acceptors (Lipinski definition) is 5. The molecule has 140 valence electrons. The van der Waals surface area contributed by atoms with E-state index in [2.05, 4.69) is 34.2 Å². The molecule has 2 aliphatic rings. The molecule has 0 spiro atoms. The summed E-state index contributed by atoms with van der Waals surface area (Å²) in [6, 6.07) is 1.71. The topological polar surface area (TPSA) is 74.5 Å². The maximum Gasteiger partial charge on any atom is 0.317 e. The highest BCUT2D eigenvalue weighted by Gasteiger charge is 2.39. The van der Waals surface area contributed by atoms with Gasteiger partial charge in [-0.1, -0.05) is 19.0 Å². The van der Waals surface area contributed by atoms with Gasteiger partial charge in [0.1, 0.15) is 0 Å². The molecule has 0 aromatic carbocycles. The van der Waals surface area contributed by atoms with Gasteiger partial charge in [-0.15, -0.1) is 0 Å². The Morgan fingerprint density at radius 1 is 1.24 bits per heavy atom. The molecule has 2 atom stereocenters. The molecule has 7 heteroatoms. The zero-order valence-corrected chi connectivity index (χ0v) is 15.9. The first kappa shape index (κ1) is 18.2. The number of rotatable bonds is 5. The van der Waals surface area contributed by atoms with Crippen molar-refractivity contribution in [3.8, 4) is 0 Å². The largest absolute Gasteiger partial charge is 0.339 e. The van der Waals surface area contributed by atoms with Crippen LogP contribution in [-0.4, -0.2) is 63.7 Å². The second-order valence-electron chi connectivity index (χ2n) is 7.84. The minimum absolute atomic E-state index is 0.0276. The summed E-state index contributed by atoms with van der Waals surface area (Å²) in [6.07, 6.45) is 4.12. The zero-order chi connectivity index (χ0) is 18.0. The molecule has 3 heterocycles. The van der Waals surface area contributed by atoms with Crippen LogP contribution in [0.5, 0.6) is 0 Å². The molecule has 3 rings (SSSR count). The third kappa shape index (κ3) is 4.14. The van der Waals surface area contributed by atoms with Crippen LogP contribution >= 0.6 is 0 Å². The Bertz CT molecular complexity index is 586. The normalized spacial score (nSPS) is 24.2. The van der Waals surface area contributed by atoms with Crippen molar-refractivity contribution in [3.63, 3.8) is 0 Å². The average Bonchev–Trinajstić information content (AvgIpc) is 3.11. The molecular formula is C18H31N5O2. The minimum atomic E-state index is 0.0276. The third-order valence-electron chi connectivity index (χ3n) is 5.34. The van der Waals surface area contributed by atoms with Gasteiger partial charge >= 0.3 is 6.03 Å². The predicted octanol–water partition coefficient (Wildman–Crippen LogP) is 2.39. The molecule has 2 fully saturated rings. The van der Waals surface area contributed by atoms with Crippen molar-refractivity contribution in [2.24, 2.45) is 0 Å². The number of carbonyl (C=O) groups is 1. The lowest BCUT2D eigenvalue weighted by Crippen LogP contribution is -2.47. The molecule has 7 nitrogen and oxygen atoms in total. The summed E-state index contributed by atoms with van der Waals surface area (Å²) in [5, 5.41) is 6.96. The number of aromatic nitrogens is 2. The van der Waals surface area contributed by atoms with E-state index in [1.807, 2.05) is 18.7 Å². The van der Waals surface area contributed by atoms with E-state index in [9.17, 15) is 4.79 Å². The number of fused-ring (bicyclic) bond motifs is 2. The monoisotopic (exact) mass is 349 g/mol. The zero-order valence-electron chi connectivity index (χ0n) is 15.9. The lowest BCUT2D eigenvalue weighted by atomic mass is 10.1. The van der Waals surface area contributed by atoms with Gasteiger partial charge in [-0.2, -0.15) is 4.98 Å². The van der Waals surface area contributed by atoms with E-state index in [-0.39, 0.29) is 11.9 Å². The van der Waals surface area contributed by atoms with Crippen molar-refractivity contribution in [1.82, 2.24) is 25.3 Å². The van der Waals surface area contributed by atoms with Crippen molar-refractivity contribution < 1.29 is 9.32 Å². The van der Waals surface area contributed by atoms with Gasteiger partial charge in [-0.25, -0.2) is 4.79 Å². The Balaban J connectivity index is 1.48. The van der Waals surface area contributed by atoms with E-state index in [0.717, 1.165) is 25.3 Å². The van der Waals surface area contributed by atoms with E-state index in [4.69, 9.17) is 4.52 Å². The van der Waals surface area contributed by atoms with E-state index >= 15 is 0 Å². The van der Waals surface area contributed by atoms with Gasteiger partial charge in [-0.3, -0.25) is 4.90 Å². The SMILES string of the molecule is CC(C)c1noc(CCNC(=O)N2CC[C@H]3CC[C@@H](C2)N3C(C)C)n1. The predicted molar refractivity (Wildman–Crippen MR) is 95.5 cm³/mol. The number of amides is 2. The summed E-state index contributed by atoms with van der Waals surface area (Å²) in [5.41, 5.74) is 0.